The van der Waals surface area contributed by atoms with E-state index in [-0.39, 0.29) is 11.6 Å². The van der Waals surface area contributed by atoms with E-state index in [0.717, 1.165) is 22.5 Å². The zero-order valence-electron chi connectivity index (χ0n) is 18.4. The fourth-order valence-corrected chi connectivity index (χ4v) is 3.36. The van der Waals surface area contributed by atoms with Crippen molar-refractivity contribution in [2.45, 2.75) is 19.4 Å². The summed E-state index contributed by atoms with van der Waals surface area (Å²) in [5.41, 5.74) is 4.04. The second kappa shape index (κ2) is 9.49. The van der Waals surface area contributed by atoms with Gasteiger partial charge in [0.15, 0.2) is 5.69 Å². The largest absolute Gasteiger partial charge is 0.464 e. The van der Waals surface area contributed by atoms with E-state index < -0.39 is 12.1 Å². The number of aryl methyl sites for hydroxylation is 2. The molecule has 1 aliphatic rings. The number of benzene rings is 1. The molecule has 4 rings (SSSR count). The van der Waals surface area contributed by atoms with E-state index in [1.54, 1.807) is 22.6 Å². The van der Waals surface area contributed by atoms with Gasteiger partial charge in [0.1, 0.15) is 6.10 Å². The molecule has 0 unspecified atom stereocenters. The maximum Gasteiger partial charge on any atom is 0.359 e. The lowest BCUT2D eigenvalue weighted by Crippen LogP contribution is -2.24. The van der Waals surface area contributed by atoms with Crippen LogP contribution in [-0.4, -0.2) is 68.3 Å². The van der Waals surface area contributed by atoms with Crippen molar-refractivity contribution in [2.24, 2.45) is 7.05 Å². The maximum absolute atomic E-state index is 12.1. The summed E-state index contributed by atoms with van der Waals surface area (Å²) in [6.45, 7) is 2.58. The molecule has 0 aliphatic carbocycles. The molecule has 1 saturated heterocycles. The fraction of sp³-hybridized carbons (Fsp3) is 0.304. The smallest absolute Gasteiger partial charge is 0.359 e. The van der Waals surface area contributed by atoms with Crippen molar-refractivity contribution in [2.75, 3.05) is 20.7 Å². The number of likely N-dealkylation sites (tertiary alicyclic amines) is 1. The van der Waals surface area contributed by atoms with Gasteiger partial charge < -0.3 is 14.7 Å². The van der Waals surface area contributed by atoms with Crippen LogP contribution in [0.4, 0.5) is 0 Å². The van der Waals surface area contributed by atoms with Crippen molar-refractivity contribution in [3.8, 4) is 29.2 Å². The predicted molar refractivity (Wildman–Crippen MR) is 118 cm³/mol. The van der Waals surface area contributed by atoms with Crippen LogP contribution in [0.5, 0.6) is 0 Å². The highest BCUT2D eigenvalue weighted by Crippen LogP contribution is 2.27. The summed E-state index contributed by atoms with van der Waals surface area (Å²) >= 11 is 0. The minimum atomic E-state index is -0.722. The molecule has 0 radical (unpaired) electrons. The third kappa shape index (κ3) is 4.71. The van der Waals surface area contributed by atoms with E-state index in [0.29, 0.717) is 18.5 Å². The van der Waals surface area contributed by atoms with Crippen molar-refractivity contribution >= 4 is 11.9 Å². The Morgan fingerprint density at radius 3 is 2.50 bits per heavy atom. The zero-order chi connectivity index (χ0) is 23.4. The molecule has 0 spiro atoms. The molecule has 3 heterocycles. The number of aromatic nitrogens is 4. The van der Waals surface area contributed by atoms with Crippen LogP contribution in [0.2, 0.25) is 0 Å². The van der Waals surface area contributed by atoms with Crippen LogP contribution in [0.1, 0.15) is 28.2 Å². The van der Waals surface area contributed by atoms with Crippen LogP contribution in [0, 0.1) is 19.3 Å². The summed E-state index contributed by atoms with van der Waals surface area (Å²) in [5.74, 6) is 1.94. The van der Waals surface area contributed by atoms with Crippen LogP contribution in [0.3, 0.4) is 0 Å². The standard InChI is InChI=1S/C18H16N4O2.C5H9NO2/c1-5-13-7-6-8-14(9-13)22-11-16(17(20-22)18(23)24-4)15-10-21(3)19-12(15)2;1-6-3-2-4(7)5(6)8/h1,6-11H,2-4H3;4,7H,2-3H2,1H3/t;4-/m.0/s1. The summed E-state index contributed by atoms with van der Waals surface area (Å²) in [4.78, 5) is 24.2. The van der Waals surface area contributed by atoms with E-state index >= 15 is 0 Å². The molecule has 32 heavy (non-hydrogen) atoms. The third-order valence-corrected chi connectivity index (χ3v) is 5.07. The first-order valence-electron chi connectivity index (χ1n) is 9.93. The third-order valence-electron chi connectivity index (χ3n) is 5.07. The number of likely N-dealkylation sites (N-methyl/N-ethyl adjacent to an activating group) is 1. The van der Waals surface area contributed by atoms with Gasteiger partial charge in [-0.1, -0.05) is 12.0 Å². The van der Waals surface area contributed by atoms with Crippen LogP contribution < -0.4 is 0 Å². The fourth-order valence-electron chi connectivity index (χ4n) is 3.36. The average Bonchev–Trinajstić information content (AvgIpc) is 3.46. The molecule has 1 N–H and O–H groups in total. The lowest BCUT2D eigenvalue weighted by atomic mass is 10.1. The summed E-state index contributed by atoms with van der Waals surface area (Å²) < 4.78 is 8.18. The van der Waals surface area contributed by atoms with E-state index in [4.69, 9.17) is 16.3 Å². The highest BCUT2D eigenvalue weighted by molar-refractivity contribution is 5.95. The van der Waals surface area contributed by atoms with Crippen LogP contribution in [0.25, 0.3) is 16.8 Å². The SMILES string of the molecule is C#Cc1cccc(-n2cc(-c3cn(C)nc3C)c(C(=O)OC)n2)c1.CN1CC[C@H](O)C1=O. The number of esters is 1. The minimum Gasteiger partial charge on any atom is -0.464 e. The quantitative estimate of drug-likeness (QED) is 0.495. The topological polar surface area (TPSA) is 102 Å². The number of terminal acetylenes is 1. The Morgan fingerprint density at radius 1 is 1.25 bits per heavy atom. The molecule has 1 aromatic carbocycles. The first-order chi connectivity index (χ1) is 15.2. The van der Waals surface area contributed by atoms with Crippen molar-refractivity contribution in [3.63, 3.8) is 0 Å². The van der Waals surface area contributed by atoms with E-state index in [1.165, 1.54) is 12.0 Å². The van der Waals surface area contributed by atoms with E-state index in [2.05, 4.69) is 16.1 Å². The molecule has 1 aliphatic heterocycles. The number of hydrogen-bond acceptors (Lipinski definition) is 6. The number of carbonyl (C=O) groups is 2. The molecule has 9 nitrogen and oxygen atoms in total. The zero-order valence-corrected chi connectivity index (χ0v) is 18.4. The molecular weight excluding hydrogens is 410 g/mol. The van der Waals surface area contributed by atoms with Crippen LogP contribution in [-0.2, 0) is 16.6 Å². The van der Waals surface area contributed by atoms with Gasteiger partial charge in [-0.3, -0.25) is 9.48 Å². The summed E-state index contributed by atoms with van der Waals surface area (Å²) in [5, 5.41) is 17.5. The Balaban J connectivity index is 0.000000305. The van der Waals surface area contributed by atoms with Gasteiger partial charge in [0.2, 0.25) is 0 Å². The maximum atomic E-state index is 12.1. The van der Waals surface area contributed by atoms with Gasteiger partial charge in [-0.15, -0.1) is 6.42 Å². The van der Waals surface area contributed by atoms with Gasteiger partial charge in [0.25, 0.3) is 5.91 Å². The monoisotopic (exact) mass is 435 g/mol. The van der Waals surface area contributed by atoms with E-state index in [9.17, 15) is 9.59 Å². The molecule has 1 atom stereocenters. The van der Waals surface area contributed by atoms with E-state index in [1.807, 2.05) is 44.4 Å². The Hall–Kier alpha value is -3.90. The Bertz CT molecular complexity index is 1180. The van der Waals surface area contributed by atoms with Crippen molar-refractivity contribution in [1.29, 1.82) is 0 Å². The Labute approximate surface area is 186 Å². The molecule has 2 aromatic heterocycles. The lowest BCUT2D eigenvalue weighted by Gasteiger charge is -2.04. The molecule has 9 heteroatoms. The number of aliphatic hydroxyl groups is 1. The summed E-state index contributed by atoms with van der Waals surface area (Å²) in [7, 11) is 4.86. The summed E-state index contributed by atoms with van der Waals surface area (Å²) in [6.07, 6.45) is 8.95. The second-order valence-corrected chi connectivity index (χ2v) is 7.39. The number of nitrogens with zero attached hydrogens (tertiary/aromatic N) is 5. The average molecular weight is 435 g/mol. The first-order valence-corrected chi connectivity index (χ1v) is 9.93. The second-order valence-electron chi connectivity index (χ2n) is 7.39. The van der Waals surface area contributed by atoms with Gasteiger partial charge in [0.05, 0.1) is 18.5 Å². The molecule has 1 fully saturated rings. The van der Waals surface area contributed by atoms with Crippen molar-refractivity contribution in [3.05, 3.63) is 53.6 Å². The number of rotatable bonds is 3. The van der Waals surface area contributed by atoms with Crippen LogP contribution in [0.15, 0.2) is 36.7 Å². The molecular formula is C23H25N5O4. The van der Waals surface area contributed by atoms with Crippen molar-refractivity contribution < 1.29 is 19.4 Å². The highest BCUT2D eigenvalue weighted by atomic mass is 16.5. The number of carbonyl (C=O) groups excluding carboxylic acids is 2. The number of aliphatic hydroxyl groups excluding tert-OH is 1. The van der Waals surface area contributed by atoms with Crippen LogP contribution >= 0.6 is 0 Å². The number of ether oxygens (including phenoxy) is 1. The molecule has 0 saturated carbocycles. The lowest BCUT2D eigenvalue weighted by molar-refractivity contribution is -0.133. The van der Waals surface area contributed by atoms with Gasteiger partial charge in [-0.05, 0) is 31.5 Å². The predicted octanol–water partition coefficient (Wildman–Crippen LogP) is 1.56. The summed E-state index contributed by atoms with van der Waals surface area (Å²) in [6, 6.07) is 7.38. The molecule has 1 amide bonds. The Kier molecular flexibility index (Phi) is 6.76. The van der Waals surface area contributed by atoms with Gasteiger partial charge in [0, 0.05) is 49.7 Å². The number of amides is 1. The Morgan fingerprint density at radius 2 is 2.00 bits per heavy atom. The van der Waals surface area contributed by atoms with Crippen molar-refractivity contribution in [1.82, 2.24) is 24.5 Å². The molecule has 3 aromatic rings. The normalized spacial score (nSPS) is 15.2. The van der Waals surface area contributed by atoms with Gasteiger partial charge in [-0.2, -0.15) is 10.2 Å². The first kappa shape index (κ1) is 22.8. The minimum absolute atomic E-state index is 0.148. The van der Waals surface area contributed by atoms with Gasteiger partial charge in [-0.25, -0.2) is 9.48 Å². The number of hydrogen-bond donors (Lipinski definition) is 1. The highest BCUT2D eigenvalue weighted by Gasteiger charge is 2.26. The number of methoxy groups -OCH3 is 1. The van der Waals surface area contributed by atoms with Gasteiger partial charge >= 0.3 is 5.97 Å². The molecule has 0 bridgehead atoms. The molecule has 166 valence electrons.